The van der Waals surface area contributed by atoms with Gasteiger partial charge in [0.15, 0.2) is 5.65 Å². The highest BCUT2D eigenvalue weighted by Gasteiger charge is 2.11. The van der Waals surface area contributed by atoms with Crippen molar-refractivity contribution in [2.24, 2.45) is 0 Å². The van der Waals surface area contributed by atoms with Crippen LogP contribution in [0, 0.1) is 6.92 Å². The Labute approximate surface area is 153 Å². The van der Waals surface area contributed by atoms with Crippen molar-refractivity contribution >= 4 is 11.0 Å². The quantitative estimate of drug-likeness (QED) is 0.562. The topological polar surface area (TPSA) is 44.8 Å². The number of benzene rings is 2. The highest BCUT2D eigenvalue weighted by molar-refractivity contribution is 5.77. The average Bonchev–Trinajstić information content (AvgIpc) is 3.04. The maximum absolute atomic E-state index is 4.50. The third-order valence-corrected chi connectivity index (χ3v) is 4.56. The van der Waals surface area contributed by atoms with E-state index in [4.69, 9.17) is 0 Å². The molecule has 0 atom stereocenters. The van der Waals surface area contributed by atoms with Gasteiger partial charge in [-0.15, -0.1) is 0 Å². The van der Waals surface area contributed by atoms with Crippen molar-refractivity contribution in [3.05, 3.63) is 95.3 Å². The van der Waals surface area contributed by atoms with Crippen LogP contribution in [0.2, 0.25) is 0 Å². The van der Waals surface area contributed by atoms with E-state index in [2.05, 4.69) is 86.8 Å². The Hall–Kier alpha value is -2.98. The zero-order valence-corrected chi connectivity index (χ0v) is 14.9. The summed E-state index contributed by atoms with van der Waals surface area (Å²) in [6, 6.07) is 23.4. The molecular weight excluding hydrogens is 320 g/mol. The van der Waals surface area contributed by atoms with Crippen molar-refractivity contribution in [1.29, 1.82) is 0 Å². The molecular formula is C22H22N4. The van der Waals surface area contributed by atoms with Gasteiger partial charge in [-0.3, -0.25) is 10.00 Å². The van der Waals surface area contributed by atoms with Crippen molar-refractivity contribution < 1.29 is 0 Å². The number of aryl methyl sites for hydroxylation is 1. The standard InChI is InChI=1S/C22H22N4/c1-17-21-12-20(13-23-22(21)25-24-17)16-26(14-18-8-4-2-5-9-18)15-19-10-6-3-7-11-19/h2-13H,14-16H2,1H3,(H,23,24,25). The van der Waals surface area contributed by atoms with Crippen LogP contribution in [0.15, 0.2) is 72.9 Å². The van der Waals surface area contributed by atoms with Gasteiger partial charge >= 0.3 is 0 Å². The normalized spacial score (nSPS) is 11.3. The van der Waals surface area contributed by atoms with Crippen molar-refractivity contribution in [2.75, 3.05) is 0 Å². The Morgan fingerprint density at radius 2 is 1.38 bits per heavy atom. The van der Waals surface area contributed by atoms with E-state index >= 15 is 0 Å². The molecule has 4 nitrogen and oxygen atoms in total. The Bertz CT molecular complexity index is 935. The van der Waals surface area contributed by atoms with Gasteiger partial charge in [-0.05, 0) is 29.7 Å². The number of nitrogens with one attached hydrogen (secondary N) is 1. The van der Waals surface area contributed by atoms with E-state index in [9.17, 15) is 0 Å². The van der Waals surface area contributed by atoms with Gasteiger partial charge in [-0.1, -0.05) is 60.7 Å². The first-order valence-corrected chi connectivity index (χ1v) is 8.88. The first-order valence-electron chi connectivity index (χ1n) is 8.88. The Balaban J connectivity index is 1.59. The Morgan fingerprint density at radius 3 is 2.00 bits per heavy atom. The van der Waals surface area contributed by atoms with Crippen molar-refractivity contribution in [2.45, 2.75) is 26.6 Å². The van der Waals surface area contributed by atoms with Crippen LogP contribution >= 0.6 is 0 Å². The second kappa shape index (κ2) is 7.50. The SMILES string of the molecule is Cc1[nH]nc2ncc(CN(Cc3ccccc3)Cc3ccccc3)cc12. The molecule has 130 valence electrons. The van der Waals surface area contributed by atoms with E-state index in [0.717, 1.165) is 36.4 Å². The number of nitrogens with zero attached hydrogens (tertiary/aromatic N) is 3. The summed E-state index contributed by atoms with van der Waals surface area (Å²) in [5, 5.41) is 8.33. The fraction of sp³-hybridized carbons (Fsp3) is 0.182. The number of fused-ring (bicyclic) bond motifs is 1. The van der Waals surface area contributed by atoms with E-state index in [1.54, 1.807) is 0 Å². The van der Waals surface area contributed by atoms with Crippen LogP contribution in [0.4, 0.5) is 0 Å². The van der Waals surface area contributed by atoms with Gasteiger partial charge in [0.05, 0.1) is 0 Å². The van der Waals surface area contributed by atoms with E-state index in [1.165, 1.54) is 16.7 Å². The van der Waals surface area contributed by atoms with Crippen LogP contribution in [0.1, 0.15) is 22.4 Å². The molecule has 0 saturated carbocycles. The lowest BCUT2D eigenvalue weighted by molar-refractivity contribution is 0.247. The summed E-state index contributed by atoms with van der Waals surface area (Å²) in [5.41, 5.74) is 5.68. The molecule has 26 heavy (non-hydrogen) atoms. The summed E-state index contributed by atoms with van der Waals surface area (Å²) in [6.45, 7) is 4.68. The van der Waals surface area contributed by atoms with Gasteiger partial charge in [-0.2, -0.15) is 5.10 Å². The van der Waals surface area contributed by atoms with Crippen LogP contribution in [0.3, 0.4) is 0 Å². The molecule has 0 saturated heterocycles. The molecule has 1 N–H and O–H groups in total. The number of hydrogen-bond acceptors (Lipinski definition) is 3. The van der Waals surface area contributed by atoms with Gasteiger partial charge in [0.25, 0.3) is 0 Å². The minimum Gasteiger partial charge on any atom is -0.291 e. The fourth-order valence-corrected chi connectivity index (χ4v) is 3.26. The molecule has 2 aromatic carbocycles. The second-order valence-electron chi connectivity index (χ2n) is 6.68. The number of aromatic amines is 1. The minimum atomic E-state index is 0.781. The molecule has 0 bridgehead atoms. The summed E-state index contributed by atoms with van der Waals surface area (Å²) in [6.07, 6.45) is 1.94. The molecule has 0 spiro atoms. The van der Waals surface area contributed by atoms with Crippen molar-refractivity contribution in [3.8, 4) is 0 Å². The van der Waals surface area contributed by atoms with E-state index in [1.807, 2.05) is 13.1 Å². The first-order chi connectivity index (χ1) is 12.8. The number of pyridine rings is 1. The molecule has 0 fully saturated rings. The molecule has 4 aromatic rings. The van der Waals surface area contributed by atoms with Gasteiger partial charge in [0, 0.05) is 36.9 Å². The molecule has 0 aliphatic heterocycles. The summed E-state index contributed by atoms with van der Waals surface area (Å²) < 4.78 is 0. The van der Waals surface area contributed by atoms with Gasteiger partial charge in [0.1, 0.15) is 0 Å². The van der Waals surface area contributed by atoms with Gasteiger partial charge < -0.3 is 0 Å². The molecule has 0 radical (unpaired) electrons. The fourth-order valence-electron chi connectivity index (χ4n) is 3.26. The summed E-state index contributed by atoms with van der Waals surface area (Å²) >= 11 is 0. The molecule has 0 aliphatic carbocycles. The Morgan fingerprint density at radius 1 is 0.808 bits per heavy atom. The summed E-state index contributed by atoms with van der Waals surface area (Å²) in [5.74, 6) is 0. The second-order valence-corrected chi connectivity index (χ2v) is 6.68. The highest BCUT2D eigenvalue weighted by Crippen LogP contribution is 2.18. The van der Waals surface area contributed by atoms with Crippen LogP contribution in [0.25, 0.3) is 11.0 Å². The zero-order valence-electron chi connectivity index (χ0n) is 14.9. The summed E-state index contributed by atoms with van der Waals surface area (Å²) in [4.78, 5) is 6.95. The third kappa shape index (κ3) is 3.81. The molecule has 0 aliphatic rings. The maximum atomic E-state index is 4.50. The third-order valence-electron chi connectivity index (χ3n) is 4.56. The molecule has 0 amide bonds. The van der Waals surface area contributed by atoms with E-state index < -0.39 is 0 Å². The van der Waals surface area contributed by atoms with Gasteiger partial charge in [0.2, 0.25) is 0 Å². The molecule has 4 rings (SSSR count). The van der Waals surface area contributed by atoms with Crippen LogP contribution < -0.4 is 0 Å². The van der Waals surface area contributed by atoms with E-state index in [-0.39, 0.29) is 0 Å². The van der Waals surface area contributed by atoms with Gasteiger partial charge in [-0.25, -0.2) is 4.98 Å². The minimum absolute atomic E-state index is 0.781. The van der Waals surface area contributed by atoms with Crippen molar-refractivity contribution in [3.63, 3.8) is 0 Å². The number of H-pyrrole nitrogens is 1. The van der Waals surface area contributed by atoms with Crippen molar-refractivity contribution in [1.82, 2.24) is 20.1 Å². The molecule has 4 heteroatoms. The molecule has 2 heterocycles. The zero-order chi connectivity index (χ0) is 17.8. The predicted molar refractivity (Wildman–Crippen MR) is 104 cm³/mol. The average molecular weight is 342 g/mol. The number of aromatic nitrogens is 3. The number of hydrogen-bond donors (Lipinski definition) is 1. The van der Waals surface area contributed by atoms with Crippen LogP contribution in [-0.4, -0.2) is 20.1 Å². The van der Waals surface area contributed by atoms with Crippen LogP contribution in [-0.2, 0) is 19.6 Å². The van der Waals surface area contributed by atoms with Crippen LogP contribution in [0.5, 0.6) is 0 Å². The predicted octanol–water partition coefficient (Wildman–Crippen LogP) is 4.47. The maximum Gasteiger partial charge on any atom is 0.181 e. The smallest absolute Gasteiger partial charge is 0.181 e. The Kier molecular flexibility index (Phi) is 4.75. The number of rotatable bonds is 6. The lowest BCUT2D eigenvalue weighted by Gasteiger charge is -2.22. The van der Waals surface area contributed by atoms with E-state index in [0.29, 0.717) is 0 Å². The lowest BCUT2D eigenvalue weighted by Crippen LogP contribution is -2.22. The largest absolute Gasteiger partial charge is 0.291 e. The highest BCUT2D eigenvalue weighted by atomic mass is 15.1. The summed E-state index contributed by atoms with van der Waals surface area (Å²) in [7, 11) is 0. The lowest BCUT2D eigenvalue weighted by atomic mass is 10.1. The monoisotopic (exact) mass is 342 g/mol. The first kappa shape index (κ1) is 16.5. The molecule has 2 aromatic heterocycles. The molecule has 0 unspecified atom stereocenters.